The van der Waals surface area contributed by atoms with Gasteiger partial charge < -0.3 is 14.2 Å². The van der Waals surface area contributed by atoms with E-state index in [2.05, 4.69) is 0 Å². The molecule has 0 spiro atoms. The highest BCUT2D eigenvalue weighted by Crippen LogP contribution is 2.13. The van der Waals surface area contributed by atoms with Crippen molar-refractivity contribution in [2.45, 2.75) is 12.9 Å². The Labute approximate surface area is 99.2 Å². The van der Waals surface area contributed by atoms with Crippen LogP contribution in [0.15, 0.2) is 24.3 Å². The smallest absolute Gasteiger partial charge is 0.269 e. The molecule has 0 saturated heterocycles. The number of ether oxygens (including phenoxy) is 3. The van der Waals surface area contributed by atoms with E-state index in [1.807, 2.05) is 0 Å². The quantitative estimate of drug-likeness (QED) is 0.413. The molecule has 17 heavy (non-hydrogen) atoms. The third kappa shape index (κ3) is 4.48. The fourth-order valence-electron chi connectivity index (χ4n) is 1.27. The van der Waals surface area contributed by atoms with Gasteiger partial charge in [0.25, 0.3) is 5.69 Å². The first-order chi connectivity index (χ1) is 8.17. The molecule has 0 bridgehead atoms. The van der Waals surface area contributed by atoms with Crippen LogP contribution in [0.2, 0.25) is 0 Å². The fourth-order valence-corrected chi connectivity index (χ4v) is 1.27. The molecule has 0 unspecified atom stereocenters. The van der Waals surface area contributed by atoms with Gasteiger partial charge in [0.2, 0.25) is 0 Å². The maximum atomic E-state index is 10.6. The molecule has 1 aromatic rings. The van der Waals surface area contributed by atoms with E-state index in [-0.39, 0.29) is 18.9 Å². The molecule has 0 radical (unpaired) electrons. The predicted octanol–water partition coefficient (Wildman–Crippen LogP) is 1.73. The number of methoxy groups -OCH3 is 2. The molecule has 0 saturated carbocycles. The molecule has 0 aliphatic heterocycles. The molecular weight excluding hydrogens is 226 g/mol. The summed E-state index contributed by atoms with van der Waals surface area (Å²) in [4.78, 5) is 10.1. The predicted molar refractivity (Wildman–Crippen MR) is 60.6 cm³/mol. The Morgan fingerprint density at radius 2 is 2.06 bits per heavy atom. The summed E-state index contributed by atoms with van der Waals surface area (Å²) in [6, 6.07) is 6.31. The first kappa shape index (κ1) is 13.6. The minimum absolute atomic E-state index is 0.0566. The van der Waals surface area contributed by atoms with E-state index in [0.717, 1.165) is 5.56 Å². The summed E-state index contributed by atoms with van der Waals surface area (Å²) >= 11 is 0. The van der Waals surface area contributed by atoms with Gasteiger partial charge in [-0.15, -0.1) is 0 Å². The van der Waals surface area contributed by atoms with Crippen LogP contribution < -0.4 is 0 Å². The summed E-state index contributed by atoms with van der Waals surface area (Å²) in [5.41, 5.74) is 0.797. The molecule has 0 aliphatic carbocycles. The van der Waals surface area contributed by atoms with Crippen LogP contribution in [0, 0.1) is 10.1 Å². The lowest BCUT2D eigenvalue weighted by Crippen LogP contribution is -2.19. The van der Waals surface area contributed by atoms with Crippen molar-refractivity contribution >= 4 is 5.69 Å². The molecule has 0 fully saturated rings. The highest BCUT2D eigenvalue weighted by molar-refractivity contribution is 5.33. The first-order valence-electron chi connectivity index (χ1n) is 5.04. The minimum atomic E-state index is -0.434. The number of nitrogens with zero attached hydrogens (tertiary/aromatic N) is 1. The van der Waals surface area contributed by atoms with Gasteiger partial charge in [-0.1, -0.05) is 12.1 Å². The Balaban J connectivity index is 2.46. The standard InChI is InChI=1S/C11H15NO5/c1-15-11(16-2)8-17-7-9-4-3-5-10(6-9)12(13)14/h3-6,11H,7-8H2,1-2H3. The molecule has 6 nitrogen and oxygen atoms in total. The molecule has 0 aliphatic rings. The van der Waals surface area contributed by atoms with E-state index in [4.69, 9.17) is 14.2 Å². The van der Waals surface area contributed by atoms with Crippen molar-refractivity contribution in [3.05, 3.63) is 39.9 Å². The van der Waals surface area contributed by atoms with Gasteiger partial charge in [-0.2, -0.15) is 0 Å². The zero-order chi connectivity index (χ0) is 12.7. The third-order valence-electron chi connectivity index (χ3n) is 2.17. The number of nitro benzene ring substituents is 1. The van der Waals surface area contributed by atoms with Crippen molar-refractivity contribution in [2.24, 2.45) is 0 Å². The average molecular weight is 241 g/mol. The average Bonchev–Trinajstić information content (AvgIpc) is 2.35. The SMILES string of the molecule is COC(COCc1cccc([N+](=O)[O-])c1)OC. The fraction of sp³-hybridized carbons (Fsp3) is 0.455. The number of non-ortho nitro benzene ring substituents is 1. The Morgan fingerprint density at radius 1 is 1.35 bits per heavy atom. The van der Waals surface area contributed by atoms with E-state index in [9.17, 15) is 10.1 Å². The summed E-state index contributed by atoms with van der Waals surface area (Å²) < 4.78 is 15.2. The maximum Gasteiger partial charge on any atom is 0.269 e. The number of rotatable bonds is 7. The second-order valence-corrected chi connectivity index (χ2v) is 3.34. The minimum Gasteiger partial charge on any atom is -0.371 e. The lowest BCUT2D eigenvalue weighted by Gasteiger charge is -2.13. The van der Waals surface area contributed by atoms with Gasteiger partial charge in [-0.25, -0.2) is 0 Å². The van der Waals surface area contributed by atoms with E-state index in [1.165, 1.54) is 26.4 Å². The van der Waals surface area contributed by atoms with Crippen molar-refractivity contribution in [1.82, 2.24) is 0 Å². The Hall–Kier alpha value is -1.50. The number of hydrogen-bond acceptors (Lipinski definition) is 5. The molecule has 0 heterocycles. The monoisotopic (exact) mass is 241 g/mol. The largest absolute Gasteiger partial charge is 0.371 e. The molecule has 94 valence electrons. The summed E-state index contributed by atoms with van der Waals surface area (Å²) in [6.45, 7) is 0.556. The van der Waals surface area contributed by atoms with Gasteiger partial charge in [0, 0.05) is 26.4 Å². The molecule has 6 heteroatoms. The zero-order valence-electron chi connectivity index (χ0n) is 9.79. The van der Waals surface area contributed by atoms with Crippen molar-refractivity contribution in [1.29, 1.82) is 0 Å². The van der Waals surface area contributed by atoms with E-state index in [0.29, 0.717) is 0 Å². The van der Waals surface area contributed by atoms with E-state index >= 15 is 0 Å². The number of hydrogen-bond donors (Lipinski definition) is 0. The maximum absolute atomic E-state index is 10.6. The van der Waals surface area contributed by atoms with Crippen molar-refractivity contribution in [2.75, 3.05) is 20.8 Å². The van der Waals surface area contributed by atoms with Crippen LogP contribution in [0.5, 0.6) is 0 Å². The lowest BCUT2D eigenvalue weighted by atomic mass is 10.2. The van der Waals surface area contributed by atoms with Gasteiger partial charge in [-0.05, 0) is 5.56 Å². The number of benzene rings is 1. The van der Waals surface area contributed by atoms with Crippen molar-refractivity contribution in [3.63, 3.8) is 0 Å². The summed E-state index contributed by atoms with van der Waals surface area (Å²) in [5, 5.41) is 10.6. The van der Waals surface area contributed by atoms with E-state index < -0.39 is 11.2 Å². The second kappa shape index (κ2) is 6.95. The molecule has 0 N–H and O–H groups in total. The number of nitro groups is 1. The lowest BCUT2D eigenvalue weighted by molar-refractivity contribution is -0.385. The molecule has 1 aromatic carbocycles. The Kier molecular flexibility index (Phi) is 5.55. The van der Waals surface area contributed by atoms with Gasteiger partial charge in [0.05, 0.1) is 18.1 Å². The van der Waals surface area contributed by atoms with Crippen LogP contribution >= 0.6 is 0 Å². The molecular formula is C11H15NO5. The van der Waals surface area contributed by atoms with Crippen LogP contribution in [0.3, 0.4) is 0 Å². The van der Waals surface area contributed by atoms with Gasteiger partial charge >= 0.3 is 0 Å². The van der Waals surface area contributed by atoms with E-state index in [1.54, 1.807) is 12.1 Å². The van der Waals surface area contributed by atoms with Crippen LogP contribution in [-0.2, 0) is 20.8 Å². The topological polar surface area (TPSA) is 70.8 Å². The van der Waals surface area contributed by atoms with Gasteiger partial charge in [0.1, 0.15) is 0 Å². The second-order valence-electron chi connectivity index (χ2n) is 3.34. The molecule has 0 amide bonds. The summed E-state index contributed by atoms with van der Waals surface area (Å²) in [6.07, 6.45) is -0.423. The van der Waals surface area contributed by atoms with Gasteiger partial charge in [-0.3, -0.25) is 10.1 Å². The Bertz CT molecular complexity index is 365. The van der Waals surface area contributed by atoms with Crippen molar-refractivity contribution in [3.8, 4) is 0 Å². The van der Waals surface area contributed by atoms with Crippen LogP contribution in [-0.4, -0.2) is 32.0 Å². The normalized spacial score (nSPS) is 10.8. The van der Waals surface area contributed by atoms with Crippen LogP contribution in [0.4, 0.5) is 5.69 Å². The van der Waals surface area contributed by atoms with Gasteiger partial charge in [0.15, 0.2) is 6.29 Å². The first-order valence-corrected chi connectivity index (χ1v) is 5.04. The highest BCUT2D eigenvalue weighted by Gasteiger charge is 2.07. The summed E-state index contributed by atoms with van der Waals surface area (Å²) in [7, 11) is 3.04. The highest BCUT2D eigenvalue weighted by atomic mass is 16.7. The van der Waals surface area contributed by atoms with Crippen LogP contribution in [0.25, 0.3) is 0 Å². The van der Waals surface area contributed by atoms with Crippen molar-refractivity contribution < 1.29 is 19.1 Å². The molecule has 0 aromatic heterocycles. The molecule has 1 rings (SSSR count). The Morgan fingerprint density at radius 3 is 2.65 bits per heavy atom. The summed E-state index contributed by atoms with van der Waals surface area (Å²) in [5.74, 6) is 0. The molecule has 0 atom stereocenters. The third-order valence-corrected chi connectivity index (χ3v) is 2.17. The van der Waals surface area contributed by atoms with Crippen LogP contribution in [0.1, 0.15) is 5.56 Å². The zero-order valence-corrected chi connectivity index (χ0v) is 9.79.